The normalized spacial score (nSPS) is 19.6. The summed E-state index contributed by atoms with van der Waals surface area (Å²) in [6.07, 6.45) is 4.17. The van der Waals surface area contributed by atoms with E-state index in [-0.39, 0.29) is 23.7 Å². The number of amides is 2. The van der Waals surface area contributed by atoms with Crippen LogP contribution in [0.5, 0.6) is 0 Å². The fourth-order valence-electron chi connectivity index (χ4n) is 4.23. The van der Waals surface area contributed by atoms with Crippen molar-refractivity contribution in [2.75, 3.05) is 11.9 Å². The van der Waals surface area contributed by atoms with Gasteiger partial charge >= 0.3 is 5.97 Å². The van der Waals surface area contributed by atoms with Crippen molar-refractivity contribution in [3.05, 3.63) is 75.3 Å². The van der Waals surface area contributed by atoms with E-state index >= 15 is 0 Å². The van der Waals surface area contributed by atoms with E-state index in [4.69, 9.17) is 16.3 Å². The second-order valence-corrected chi connectivity index (χ2v) is 9.63. The molecule has 33 heavy (non-hydrogen) atoms. The van der Waals surface area contributed by atoms with Crippen molar-refractivity contribution < 1.29 is 19.1 Å². The molecule has 1 aliphatic carbocycles. The average Bonchev–Trinajstić information content (AvgIpc) is 3.17. The molecule has 8 heteroatoms. The smallest absolute Gasteiger partial charge is 0.336 e. The second kappa shape index (κ2) is 10.4. The van der Waals surface area contributed by atoms with Crippen LogP contribution in [-0.2, 0) is 9.53 Å². The predicted molar refractivity (Wildman–Crippen MR) is 130 cm³/mol. The zero-order chi connectivity index (χ0) is 23.4. The zero-order valence-electron chi connectivity index (χ0n) is 18.2. The first-order valence-electron chi connectivity index (χ1n) is 11.0. The van der Waals surface area contributed by atoms with Crippen LogP contribution in [-0.4, -0.2) is 29.6 Å². The number of carbonyl (C=O) groups is 3. The number of hydrogen-bond donors (Lipinski definition) is 2. The highest BCUT2D eigenvalue weighted by molar-refractivity contribution is 8.04. The van der Waals surface area contributed by atoms with E-state index in [2.05, 4.69) is 10.6 Å². The molecule has 1 fully saturated rings. The predicted octanol–water partition coefficient (Wildman–Crippen LogP) is 5.40. The Kier molecular flexibility index (Phi) is 7.40. The minimum absolute atomic E-state index is 0.125. The van der Waals surface area contributed by atoms with Crippen LogP contribution in [0, 0.1) is 5.92 Å². The molecule has 1 heterocycles. The molecule has 2 aliphatic rings. The van der Waals surface area contributed by atoms with Gasteiger partial charge in [-0.15, -0.1) is 11.8 Å². The number of halogens is 1. The fourth-order valence-corrected chi connectivity index (χ4v) is 5.98. The van der Waals surface area contributed by atoms with Gasteiger partial charge in [0.1, 0.15) is 0 Å². The number of rotatable bonds is 6. The van der Waals surface area contributed by atoms with Crippen LogP contribution in [0.15, 0.2) is 59.1 Å². The highest BCUT2D eigenvalue weighted by atomic mass is 35.5. The molecular formula is C25H25ClN2O4S. The molecule has 0 radical (unpaired) electrons. The minimum Gasteiger partial charge on any atom is -0.463 e. The Morgan fingerprint density at radius 2 is 1.73 bits per heavy atom. The van der Waals surface area contributed by atoms with E-state index in [0.717, 1.165) is 25.7 Å². The molecule has 0 aromatic heterocycles. The van der Waals surface area contributed by atoms with E-state index in [1.807, 2.05) is 0 Å². The van der Waals surface area contributed by atoms with Gasteiger partial charge in [0.05, 0.1) is 27.8 Å². The molecule has 2 aromatic rings. The first kappa shape index (κ1) is 23.4. The van der Waals surface area contributed by atoms with Gasteiger partial charge in [-0.05, 0) is 56.2 Å². The van der Waals surface area contributed by atoms with Gasteiger partial charge in [-0.3, -0.25) is 9.59 Å². The fraction of sp³-hybridized carbons (Fsp3) is 0.320. The van der Waals surface area contributed by atoms with Crippen molar-refractivity contribution in [2.24, 2.45) is 5.92 Å². The molecular weight excluding hydrogens is 460 g/mol. The summed E-state index contributed by atoms with van der Waals surface area (Å²) in [7, 11) is 0. The molecule has 6 nitrogen and oxygen atoms in total. The van der Waals surface area contributed by atoms with Crippen LogP contribution in [0.25, 0.3) is 0 Å². The molecule has 172 valence electrons. The topological polar surface area (TPSA) is 84.5 Å². The number of hydrogen-bond acceptors (Lipinski definition) is 5. The Labute approximate surface area is 202 Å². The van der Waals surface area contributed by atoms with E-state index < -0.39 is 0 Å². The number of esters is 1. The number of ether oxygens (including phenoxy) is 1. The Bertz CT molecular complexity index is 1100. The summed E-state index contributed by atoms with van der Waals surface area (Å²) in [5, 5.41) is 6.98. The number of carbonyl (C=O) groups excluding carboxylic acids is 3. The highest BCUT2D eigenvalue weighted by Crippen LogP contribution is 2.48. The molecule has 4 rings (SSSR count). The van der Waals surface area contributed by atoms with Crippen LogP contribution in [0.3, 0.4) is 0 Å². The van der Waals surface area contributed by atoms with Crippen LogP contribution < -0.4 is 10.6 Å². The van der Waals surface area contributed by atoms with Gasteiger partial charge in [-0.2, -0.15) is 0 Å². The second-order valence-electron chi connectivity index (χ2n) is 7.98. The van der Waals surface area contributed by atoms with Crippen molar-refractivity contribution in [3.63, 3.8) is 0 Å². The molecule has 0 saturated heterocycles. The molecule has 0 unspecified atom stereocenters. The van der Waals surface area contributed by atoms with E-state index in [9.17, 15) is 14.4 Å². The van der Waals surface area contributed by atoms with Gasteiger partial charge < -0.3 is 15.4 Å². The van der Waals surface area contributed by atoms with E-state index in [1.54, 1.807) is 67.2 Å². The summed E-state index contributed by atoms with van der Waals surface area (Å²) in [5.74, 6) is -0.846. The van der Waals surface area contributed by atoms with Gasteiger partial charge in [0.25, 0.3) is 11.8 Å². The lowest BCUT2D eigenvalue weighted by atomic mass is 9.84. The van der Waals surface area contributed by atoms with Gasteiger partial charge in [0.15, 0.2) is 0 Å². The number of benzene rings is 2. The molecule has 0 bridgehead atoms. The maximum Gasteiger partial charge on any atom is 0.336 e. The van der Waals surface area contributed by atoms with Crippen molar-refractivity contribution in [2.45, 2.75) is 37.9 Å². The molecule has 2 aromatic carbocycles. The summed E-state index contributed by atoms with van der Waals surface area (Å²) in [5.41, 5.74) is 1.95. The molecule has 1 aliphatic heterocycles. The molecule has 0 spiro atoms. The Balaban J connectivity index is 1.46. The van der Waals surface area contributed by atoms with Crippen molar-refractivity contribution in [3.8, 4) is 0 Å². The third-order valence-electron chi connectivity index (χ3n) is 5.83. The Morgan fingerprint density at radius 3 is 2.45 bits per heavy atom. The Morgan fingerprint density at radius 1 is 1.00 bits per heavy atom. The monoisotopic (exact) mass is 484 g/mol. The Hall–Kier alpha value is -2.77. The summed E-state index contributed by atoms with van der Waals surface area (Å²) in [4.78, 5) is 38.0. The first-order chi connectivity index (χ1) is 16.0. The third kappa shape index (κ3) is 5.25. The largest absolute Gasteiger partial charge is 0.463 e. The SMILES string of the molecule is CCOC(=O)C1=C(NC(=O)c2ccc(NC(=O)c3ccccc3Cl)cc2)S[C@@H]2CCCC[C@H]12. The van der Waals surface area contributed by atoms with Gasteiger partial charge in [0, 0.05) is 22.4 Å². The summed E-state index contributed by atoms with van der Waals surface area (Å²) in [6.45, 7) is 2.08. The van der Waals surface area contributed by atoms with Crippen LogP contribution in [0.4, 0.5) is 5.69 Å². The van der Waals surface area contributed by atoms with E-state index in [0.29, 0.717) is 44.3 Å². The lowest BCUT2D eigenvalue weighted by Gasteiger charge is -2.25. The molecule has 1 saturated carbocycles. The van der Waals surface area contributed by atoms with Crippen LogP contribution in [0.1, 0.15) is 53.3 Å². The number of anilines is 1. The minimum atomic E-state index is -0.340. The number of nitrogens with one attached hydrogen (secondary N) is 2. The van der Waals surface area contributed by atoms with Gasteiger partial charge in [0.2, 0.25) is 0 Å². The highest BCUT2D eigenvalue weighted by Gasteiger charge is 2.41. The van der Waals surface area contributed by atoms with E-state index in [1.165, 1.54) is 0 Å². The van der Waals surface area contributed by atoms with Gasteiger partial charge in [-0.1, -0.05) is 36.6 Å². The zero-order valence-corrected chi connectivity index (χ0v) is 19.8. The number of thioether (sulfide) groups is 1. The summed E-state index contributed by atoms with van der Waals surface area (Å²) in [6, 6.07) is 13.4. The standard InChI is InChI=1S/C25H25ClN2O4S/c1-2-32-25(31)21-18-8-4-6-10-20(18)33-24(21)28-22(29)15-11-13-16(14-12-15)27-23(30)17-7-3-5-9-19(17)26/h3,5,7,9,11-14,18,20H,2,4,6,8,10H2,1H3,(H,27,30)(H,28,29)/t18-,20+/m0/s1. The summed E-state index contributed by atoms with van der Waals surface area (Å²) >= 11 is 7.65. The quantitative estimate of drug-likeness (QED) is 0.536. The third-order valence-corrected chi connectivity index (χ3v) is 7.59. The van der Waals surface area contributed by atoms with Crippen molar-refractivity contribution in [1.82, 2.24) is 5.32 Å². The van der Waals surface area contributed by atoms with Crippen LogP contribution >= 0.6 is 23.4 Å². The number of fused-ring (bicyclic) bond motifs is 1. The first-order valence-corrected chi connectivity index (χ1v) is 12.3. The lowest BCUT2D eigenvalue weighted by molar-refractivity contribution is -0.139. The lowest BCUT2D eigenvalue weighted by Crippen LogP contribution is -2.26. The molecule has 2 atom stereocenters. The molecule has 2 amide bonds. The molecule has 2 N–H and O–H groups in total. The van der Waals surface area contributed by atoms with Crippen molar-refractivity contribution >= 4 is 46.8 Å². The maximum atomic E-state index is 12.9. The van der Waals surface area contributed by atoms with Crippen molar-refractivity contribution in [1.29, 1.82) is 0 Å². The van der Waals surface area contributed by atoms with Gasteiger partial charge in [-0.25, -0.2) is 4.79 Å². The average molecular weight is 485 g/mol. The summed E-state index contributed by atoms with van der Waals surface area (Å²) < 4.78 is 5.28. The van der Waals surface area contributed by atoms with Crippen LogP contribution in [0.2, 0.25) is 5.02 Å². The maximum absolute atomic E-state index is 12.9.